The van der Waals surface area contributed by atoms with Gasteiger partial charge < -0.3 is 5.32 Å². The molecule has 160 valence electrons. The number of hydrogen-bond acceptors (Lipinski definition) is 8. The number of nitrogens with zero attached hydrogens (tertiary/aromatic N) is 7. The molecular weight excluding hydrogens is 420 g/mol. The third kappa shape index (κ3) is 4.96. The average molecular weight is 441 g/mol. The molecule has 31 heavy (non-hydrogen) atoms. The van der Waals surface area contributed by atoms with Crippen LogP contribution >= 0.6 is 11.6 Å². The molecule has 0 radical (unpaired) electrons. The fraction of sp³-hybridized carbons (Fsp3) is 0.300. The smallest absolute Gasteiger partial charge is 0.269 e. The van der Waals surface area contributed by atoms with Crippen LogP contribution in [0.3, 0.4) is 0 Å². The molecule has 1 N–H and O–H groups in total. The first-order valence-corrected chi connectivity index (χ1v) is 9.64. The number of benzene rings is 1. The highest BCUT2D eigenvalue weighted by Crippen LogP contribution is 2.26. The van der Waals surface area contributed by atoms with Crippen molar-refractivity contribution in [2.75, 3.05) is 19.2 Å². The van der Waals surface area contributed by atoms with Gasteiger partial charge in [-0.15, -0.1) is 5.10 Å². The van der Waals surface area contributed by atoms with Crippen molar-refractivity contribution >= 4 is 23.5 Å². The highest BCUT2D eigenvalue weighted by Gasteiger charge is 2.23. The number of carbonyl (C=O) groups is 1. The monoisotopic (exact) mass is 440 g/mol. The second kappa shape index (κ2) is 9.07. The van der Waals surface area contributed by atoms with Gasteiger partial charge in [0.05, 0.1) is 25.1 Å². The summed E-state index contributed by atoms with van der Waals surface area (Å²) in [4.78, 5) is 30.7. The lowest BCUT2D eigenvalue weighted by atomic mass is 9.85. The van der Waals surface area contributed by atoms with Crippen molar-refractivity contribution in [3.8, 4) is 12.0 Å². The Labute approximate surface area is 184 Å². The van der Waals surface area contributed by atoms with E-state index in [1.165, 1.54) is 16.9 Å². The van der Waals surface area contributed by atoms with Gasteiger partial charge in [-0.1, -0.05) is 11.6 Å². The number of nitrogens with one attached hydrogen (secondary N) is 1. The maximum absolute atomic E-state index is 12.8. The molecule has 2 aromatic heterocycles. The standard InChI is InChI=1S/C20H21ClN8O2/c1-20(2,12-22)14-8-13(9-15(21)10-14)17(30)25-11-16-26-19(28(3)31-4)27-29(16)18-23-6-5-7-24-18/h5-10H,11H2,1-4H3,(H,25,30). The van der Waals surface area contributed by atoms with Crippen LogP contribution in [0.2, 0.25) is 5.02 Å². The van der Waals surface area contributed by atoms with Crippen LogP contribution in [-0.2, 0) is 16.8 Å². The molecule has 2 heterocycles. The van der Waals surface area contributed by atoms with Crippen LogP contribution in [-0.4, -0.2) is 44.8 Å². The van der Waals surface area contributed by atoms with Crippen LogP contribution in [0.4, 0.5) is 5.95 Å². The van der Waals surface area contributed by atoms with Gasteiger partial charge in [-0.05, 0) is 43.7 Å². The van der Waals surface area contributed by atoms with E-state index in [4.69, 9.17) is 16.4 Å². The van der Waals surface area contributed by atoms with Crippen LogP contribution in [0.5, 0.6) is 0 Å². The number of nitriles is 1. The second-order valence-corrected chi connectivity index (χ2v) is 7.55. The summed E-state index contributed by atoms with van der Waals surface area (Å²) in [7, 11) is 3.14. The van der Waals surface area contributed by atoms with Gasteiger partial charge in [-0.2, -0.15) is 14.9 Å². The molecule has 0 saturated heterocycles. The average Bonchev–Trinajstić information content (AvgIpc) is 3.21. The van der Waals surface area contributed by atoms with Crippen molar-refractivity contribution < 1.29 is 9.63 Å². The molecule has 3 rings (SSSR count). The van der Waals surface area contributed by atoms with Crippen molar-refractivity contribution in [3.63, 3.8) is 0 Å². The Morgan fingerprint density at radius 1 is 1.32 bits per heavy atom. The Hall–Kier alpha value is -3.55. The van der Waals surface area contributed by atoms with E-state index >= 15 is 0 Å². The van der Waals surface area contributed by atoms with Crippen LogP contribution in [0.1, 0.15) is 35.6 Å². The Morgan fingerprint density at radius 2 is 2.03 bits per heavy atom. The molecule has 1 amide bonds. The van der Waals surface area contributed by atoms with E-state index in [1.807, 2.05) is 0 Å². The second-order valence-electron chi connectivity index (χ2n) is 7.12. The SMILES string of the molecule is CON(C)c1nc(CNC(=O)c2cc(Cl)cc(C(C)(C)C#N)c2)n(-c2ncccn2)n1. The van der Waals surface area contributed by atoms with E-state index in [9.17, 15) is 10.1 Å². The molecule has 3 aromatic rings. The summed E-state index contributed by atoms with van der Waals surface area (Å²) in [5.74, 6) is 0.608. The number of halogens is 1. The quantitative estimate of drug-likeness (QED) is 0.556. The van der Waals surface area contributed by atoms with Crippen molar-refractivity contribution in [1.82, 2.24) is 30.0 Å². The summed E-state index contributed by atoms with van der Waals surface area (Å²) in [5.41, 5.74) is 0.198. The summed E-state index contributed by atoms with van der Waals surface area (Å²) in [6.07, 6.45) is 3.16. The number of amides is 1. The van der Waals surface area contributed by atoms with E-state index in [2.05, 4.69) is 31.4 Å². The zero-order chi connectivity index (χ0) is 22.6. The highest BCUT2D eigenvalue weighted by molar-refractivity contribution is 6.31. The number of hydroxylamine groups is 1. The van der Waals surface area contributed by atoms with E-state index in [0.717, 1.165) is 0 Å². The summed E-state index contributed by atoms with van der Waals surface area (Å²) < 4.78 is 1.42. The molecule has 0 aliphatic rings. The number of carbonyl (C=O) groups excluding carboxylic acids is 1. The Morgan fingerprint density at radius 3 is 2.68 bits per heavy atom. The van der Waals surface area contributed by atoms with Crippen molar-refractivity contribution in [2.24, 2.45) is 0 Å². The lowest BCUT2D eigenvalue weighted by Crippen LogP contribution is -2.26. The van der Waals surface area contributed by atoms with Gasteiger partial charge in [0, 0.05) is 30.0 Å². The molecule has 0 atom stereocenters. The molecule has 0 unspecified atom stereocenters. The number of anilines is 1. The van der Waals surface area contributed by atoms with Gasteiger partial charge in [-0.25, -0.2) is 15.0 Å². The first kappa shape index (κ1) is 22.1. The topological polar surface area (TPSA) is 122 Å². The zero-order valence-electron chi connectivity index (χ0n) is 17.5. The molecule has 1 aromatic carbocycles. The van der Waals surface area contributed by atoms with Crippen molar-refractivity contribution in [3.05, 3.63) is 58.6 Å². The summed E-state index contributed by atoms with van der Waals surface area (Å²) >= 11 is 6.18. The van der Waals surface area contributed by atoms with E-state index in [0.29, 0.717) is 27.9 Å². The van der Waals surface area contributed by atoms with Crippen LogP contribution in [0.25, 0.3) is 5.95 Å². The Balaban J connectivity index is 1.87. The van der Waals surface area contributed by atoms with E-state index in [1.54, 1.807) is 57.6 Å². The molecule has 0 aliphatic carbocycles. The van der Waals surface area contributed by atoms with Gasteiger partial charge in [0.25, 0.3) is 17.8 Å². The molecule has 10 nitrogen and oxygen atoms in total. The number of aromatic nitrogens is 5. The molecule has 0 saturated carbocycles. The van der Waals surface area contributed by atoms with Gasteiger partial charge in [0.1, 0.15) is 0 Å². The maximum atomic E-state index is 12.8. The molecule has 11 heteroatoms. The first-order chi connectivity index (χ1) is 14.7. The largest absolute Gasteiger partial charge is 0.345 e. The third-order valence-electron chi connectivity index (χ3n) is 4.53. The van der Waals surface area contributed by atoms with Crippen molar-refractivity contribution in [2.45, 2.75) is 25.8 Å². The minimum absolute atomic E-state index is 0.0468. The zero-order valence-corrected chi connectivity index (χ0v) is 18.3. The van der Waals surface area contributed by atoms with Crippen LogP contribution < -0.4 is 10.4 Å². The number of rotatable bonds is 7. The summed E-state index contributed by atoms with van der Waals surface area (Å²) in [5, 5.41) is 18.3. The molecule has 0 aliphatic heterocycles. The number of hydrogen-bond donors (Lipinski definition) is 1. The normalized spacial score (nSPS) is 11.1. The minimum Gasteiger partial charge on any atom is -0.345 e. The van der Waals surface area contributed by atoms with Crippen molar-refractivity contribution in [1.29, 1.82) is 5.26 Å². The van der Waals surface area contributed by atoms with Gasteiger partial charge >= 0.3 is 0 Å². The van der Waals surface area contributed by atoms with Crippen LogP contribution in [0, 0.1) is 11.3 Å². The summed E-state index contributed by atoms with van der Waals surface area (Å²) in [6.45, 7) is 3.57. The minimum atomic E-state index is -0.787. The lowest BCUT2D eigenvalue weighted by molar-refractivity contribution is 0.0949. The molecule has 0 fully saturated rings. The first-order valence-electron chi connectivity index (χ1n) is 9.27. The Bertz CT molecular complexity index is 1120. The summed E-state index contributed by atoms with van der Waals surface area (Å²) in [6, 6.07) is 8.77. The highest BCUT2D eigenvalue weighted by atomic mass is 35.5. The fourth-order valence-corrected chi connectivity index (χ4v) is 2.87. The Kier molecular flexibility index (Phi) is 6.48. The fourth-order valence-electron chi connectivity index (χ4n) is 2.63. The lowest BCUT2D eigenvalue weighted by Gasteiger charge is -2.17. The third-order valence-corrected chi connectivity index (χ3v) is 4.75. The molecule has 0 bridgehead atoms. The predicted molar refractivity (Wildman–Crippen MR) is 114 cm³/mol. The van der Waals surface area contributed by atoms with E-state index in [-0.39, 0.29) is 18.4 Å². The van der Waals surface area contributed by atoms with E-state index < -0.39 is 5.41 Å². The molecule has 0 spiro atoms. The predicted octanol–water partition coefficient (Wildman–Crippen LogP) is 2.44. The molecular formula is C20H21ClN8O2. The van der Waals surface area contributed by atoms with Gasteiger partial charge in [0.2, 0.25) is 0 Å². The van der Waals surface area contributed by atoms with Gasteiger partial charge in [-0.3, -0.25) is 9.63 Å². The maximum Gasteiger partial charge on any atom is 0.269 e. The van der Waals surface area contributed by atoms with Crippen LogP contribution in [0.15, 0.2) is 36.7 Å². The van der Waals surface area contributed by atoms with Gasteiger partial charge in [0.15, 0.2) is 5.82 Å².